The van der Waals surface area contributed by atoms with Crippen LogP contribution in [0.5, 0.6) is 0 Å². The highest BCUT2D eigenvalue weighted by Gasteiger charge is 2.25. The summed E-state index contributed by atoms with van der Waals surface area (Å²) in [6.07, 6.45) is 3.69. The lowest BCUT2D eigenvalue weighted by molar-refractivity contribution is -0.121. The second-order valence-corrected chi connectivity index (χ2v) is 7.76. The van der Waals surface area contributed by atoms with Gasteiger partial charge in [0.15, 0.2) is 0 Å². The average molecular weight is 385 g/mol. The second-order valence-electron chi connectivity index (χ2n) is 7.32. The predicted octanol–water partition coefficient (Wildman–Crippen LogP) is 5.32. The summed E-state index contributed by atoms with van der Waals surface area (Å²) in [6, 6.07) is 14.3. The van der Waals surface area contributed by atoms with Crippen molar-refractivity contribution in [3.63, 3.8) is 0 Å². The molecule has 0 unspecified atom stereocenters. The number of carbonyl (C=O) groups is 1. The molecule has 0 bridgehead atoms. The zero-order valence-corrected chi connectivity index (χ0v) is 17.1. The van der Waals surface area contributed by atoms with Crippen molar-refractivity contribution in [3.05, 3.63) is 64.2 Å². The lowest BCUT2D eigenvalue weighted by Gasteiger charge is -2.31. The molecule has 0 radical (unpaired) electrons. The van der Waals surface area contributed by atoms with Gasteiger partial charge in [-0.15, -0.1) is 0 Å². The van der Waals surface area contributed by atoms with Crippen molar-refractivity contribution >= 4 is 23.2 Å². The number of rotatable bonds is 6. The quantitative estimate of drug-likeness (QED) is 0.731. The molecule has 3 rings (SSSR count). The van der Waals surface area contributed by atoms with Gasteiger partial charge >= 0.3 is 0 Å². The van der Waals surface area contributed by atoms with E-state index in [0.29, 0.717) is 0 Å². The number of para-hydroxylation sites is 1. The van der Waals surface area contributed by atoms with Gasteiger partial charge in [-0.2, -0.15) is 0 Å². The Labute approximate surface area is 167 Å². The van der Waals surface area contributed by atoms with Crippen LogP contribution in [0.3, 0.4) is 0 Å². The summed E-state index contributed by atoms with van der Waals surface area (Å²) in [4.78, 5) is 15.3. The molecule has 27 heavy (non-hydrogen) atoms. The fourth-order valence-corrected chi connectivity index (χ4v) is 3.96. The van der Waals surface area contributed by atoms with E-state index in [1.807, 2.05) is 12.1 Å². The molecular formula is C23H29ClN2O. The van der Waals surface area contributed by atoms with Crippen LogP contribution in [0, 0.1) is 5.92 Å². The van der Waals surface area contributed by atoms with Crippen molar-refractivity contribution in [2.45, 2.75) is 46.1 Å². The van der Waals surface area contributed by atoms with Gasteiger partial charge in [-0.05, 0) is 67.6 Å². The third-order valence-electron chi connectivity index (χ3n) is 5.52. The number of halogens is 1. The van der Waals surface area contributed by atoms with Gasteiger partial charge in [-0.3, -0.25) is 9.69 Å². The fraction of sp³-hybridized carbons (Fsp3) is 0.435. The highest BCUT2D eigenvalue weighted by molar-refractivity contribution is 6.30. The van der Waals surface area contributed by atoms with Crippen LogP contribution in [0.2, 0.25) is 5.02 Å². The minimum Gasteiger partial charge on any atom is -0.325 e. The topological polar surface area (TPSA) is 32.3 Å². The molecule has 0 aromatic heterocycles. The lowest BCUT2D eigenvalue weighted by Crippen LogP contribution is -2.38. The zero-order chi connectivity index (χ0) is 19.2. The summed E-state index contributed by atoms with van der Waals surface area (Å²) in [6.45, 7) is 7.11. The van der Waals surface area contributed by atoms with Crippen LogP contribution < -0.4 is 5.32 Å². The SMILES string of the molecule is CCc1cccc(CC)c1NC(=O)C1CCN(Cc2ccc(Cl)cc2)CC1. The molecule has 0 atom stereocenters. The van der Waals surface area contributed by atoms with E-state index in [2.05, 4.69) is 54.4 Å². The van der Waals surface area contributed by atoms with Crippen LogP contribution in [0.4, 0.5) is 5.69 Å². The first kappa shape index (κ1) is 19.9. The predicted molar refractivity (Wildman–Crippen MR) is 113 cm³/mol. The molecule has 3 nitrogen and oxygen atoms in total. The molecule has 1 fully saturated rings. The monoisotopic (exact) mass is 384 g/mol. The normalized spacial score (nSPS) is 15.7. The van der Waals surface area contributed by atoms with Gasteiger partial charge in [-0.25, -0.2) is 0 Å². The summed E-state index contributed by atoms with van der Waals surface area (Å²) in [5.41, 5.74) is 4.76. The van der Waals surface area contributed by atoms with Crippen molar-refractivity contribution in [2.24, 2.45) is 5.92 Å². The summed E-state index contributed by atoms with van der Waals surface area (Å²) >= 11 is 5.96. The number of piperidine rings is 1. The number of carbonyl (C=O) groups excluding carboxylic acids is 1. The van der Waals surface area contributed by atoms with Crippen LogP contribution in [0.15, 0.2) is 42.5 Å². The lowest BCUT2D eigenvalue weighted by atomic mass is 9.94. The Morgan fingerprint density at radius 2 is 1.63 bits per heavy atom. The Hall–Kier alpha value is -1.84. The molecule has 0 spiro atoms. The van der Waals surface area contributed by atoms with E-state index < -0.39 is 0 Å². The molecule has 1 N–H and O–H groups in total. The van der Waals surface area contributed by atoms with Crippen LogP contribution >= 0.6 is 11.6 Å². The van der Waals surface area contributed by atoms with E-state index >= 15 is 0 Å². The molecule has 1 aliphatic heterocycles. The smallest absolute Gasteiger partial charge is 0.227 e. The van der Waals surface area contributed by atoms with Gasteiger partial charge in [0.1, 0.15) is 0 Å². The van der Waals surface area contributed by atoms with Gasteiger partial charge in [-0.1, -0.05) is 55.8 Å². The number of nitrogens with zero attached hydrogens (tertiary/aromatic N) is 1. The molecule has 0 aliphatic carbocycles. The van der Waals surface area contributed by atoms with Gasteiger partial charge in [0.25, 0.3) is 0 Å². The first-order valence-corrected chi connectivity index (χ1v) is 10.4. The van der Waals surface area contributed by atoms with E-state index in [-0.39, 0.29) is 11.8 Å². The number of likely N-dealkylation sites (tertiary alicyclic amines) is 1. The largest absolute Gasteiger partial charge is 0.325 e. The van der Waals surface area contributed by atoms with Crippen molar-refractivity contribution in [1.82, 2.24) is 4.90 Å². The molecule has 1 amide bonds. The van der Waals surface area contributed by atoms with E-state index in [1.165, 1.54) is 16.7 Å². The van der Waals surface area contributed by atoms with Crippen LogP contribution in [0.25, 0.3) is 0 Å². The van der Waals surface area contributed by atoms with Crippen molar-refractivity contribution in [3.8, 4) is 0 Å². The number of aryl methyl sites for hydroxylation is 2. The van der Waals surface area contributed by atoms with Crippen molar-refractivity contribution in [1.29, 1.82) is 0 Å². The molecule has 144 valence electrons. The highest BCUT2D eigenvalue weighted by atomic mass is 35.5. The molecule has 1 heterocycles. The number of amides is 1. The van der Waals surface area contributed by atoms with Gasteiger partial charge in [0.05, 0.1) is 0 Å². The Morgan fingerprint density at radius 1 is 1.04 bits per heavy atom. The maximum absolute atomic E-state index is 12.9. The fourth-order valence-electron chi connectivity index (χ4n) is 3.83. The molecule has 0 saturated carbocycles. The van der Waals surface area contributed by atoms with E-state index in [0.717, 1.165) is 56.0 Å². The summed E-state index contributed by atoms with van der Waals surface area (Å²) in [5, 5.41) is 4.02. The van der Waals surface area contributed by atoms with Gasteiger partial charge < -0.3 is 5.32 Å². The number of hydrogen-bond acceptors (Lipinski definition) is 2. The van der Waals surface area contributed by atoms with Crippen LogP contribution in [-0.4, -0.2) is 23.9 Å². The molecular weight excluding hydrogens is 356 g/mol. The van der Waals surface area contributed by atoms with Gasteiger partial charge in [0, 0.05) is 23.2 Å². The Balaban J connectivity index is 1.57. The Kier molecular flexibility index (Phi) is 6.92. The third kappa shape index (κ3) is 5.12. The standard InChI is InChI=1S/C23H29ClN2O/c1-3-18-6-5-7-19(4-2)22(18)25-23(27)20-12-14-26(15-13-20)16-17-8-10-21(24)11-9-17/h5-11,20H,3-4,12-16H2,1-2H3,(H,25,27). The van der Waals surface area contributed by atoms with E-state index in [9.17, 15) is 4.79 Å². The number of benzene rings is 2. The van der Waals surface area contributed by atoms with E-state index in [4.69, 9.17) is 11.6 Å². The first-order chi connectivity index (χ1) is 13.1. The van der Waals surface area contributed by atoms with Gasteiger partial charge in [0.2, 0.25) is 5.91 Å². The molecule has 4 heteroatoms. The zero-order valence-electron chi connectivity index (χ0n) is 16.3. The van der Waals surface area contributed by atoms with Crippen LogP contribution in [-0.2, 0) is 24.2 Å². The molecule has 1 saturated heterocycles. The number of hydrogen-bond donors (Lipinski definition) is 1. The van der Waals surface area contributed by atoms with Crippen LogP contribution in [0.1, 0.15) is 43.4 Å². The second kappa shape index (κ2) is 9.38. The average Bonchev–Trinajstić information content (AvgIpc) is 2.70. The number of nitrogens with one attached hydrogen (secondary N) is 1. The van der Waals surface area contributed by atoms with E-state index in [1.54, 1.807) is 0 Å². The minimum atomic E-state index is 0.0982. The summed E-state index contributed by atoms with van der Waals surface area (Å²) in [5.74, 6) is 0.276. The first-order valence-electron chi connectivity index (χ1n) is 9.99. The summed E-state index contributed by atoms with van der Waals surface area (Å²) < 4.78 is 0. The number of anilines is 1. The maximum Gasteiger partial charge on any atom is 0.227 e. The third-order valence-corrected chi connectivity index (χ3v) is 5.78. The molecule has 1 aliphatic rings. The molecule has 2 aromatic carbocycles. The van der Waals surface area contributed by atoms with Crippen molar-refractivity contribution in [2.75, 3.05) is 18.4 Å². The Bertz CT molecular complexity index is 742. The van der Waals surface area contributed by atoms with Crippen molar-refractivity contribution < 1.29 is 4.79 Å². The maximum atomic E-state index is 12.9. The summed E-state index contributed by atoms with van der Waals surface area (Å²) in [7, 11) is 0. The minimum absolute atomic E-state index is 0.0982. The molecule has 2 aromatic rings. The highest BCUT2D eigenvalue weighted by Crippen LogP contribution is 2.26. The Morgan fingerprint density at radius 3 is 2.19 bits per heavy atom.